The van der Waals surface area contributed by atoms with Crippen LogP contribution in [-0.2, 0) is 9.63 Å². The number of likely N-dealkylation sites (tertiary alicyclic amines) is 1. The standard InChI is InChI=1S/C17H24N2O2/c1-11-7-9-13(10-8-11)14-12(2)16(20)19(17(3,4)5)15(14)18-21-6/h7-10,12,14H,1-6H3. The van der Waals surface area contributed by atoms with Gasteiger partial charge in [-0.3, -0.25) is 9.69 Å². The van der Waals surface area contributed by atoms with Gasteiger partial charge in [0.05, 0.1) is 5.92 Å². The number of amides is 1. The summed E-state index contributed by atoms with van der Waals surface area (Å²) >= 11 is 0. The summed E-state index contributed by atoms with van der Waals surface area (Å²) in [7, 11) is 1.52. The van der Waals surface area contributed by atoms with Crippen LogP contribution in [0.15, 0.2) is 29.4 Å². The summed E-state index contributed by atoms with van der Waals surface area (Å²) in [5.74, 6) is 0.605. The Morgan fingerprint density at radius 2 is 1.76 bits per heavy atom. The number of carbonyl (C=O) groups excluding carboxylic acids is 1. The van der Waals surface area contributed by atoms with E-state index in [1.165, 1.54) is 12.7 Å². The van der Waals surface area contributed by atoms with Crippen molar-refractivity contribution in [1.29, 1.82) is 0 Å². The Kier molecular flexibility index (Phi) is 4.08. The van der Waals surface area contributed by atoms with E-state index in [-0.39, 0.29) is 23.3 Å². The van der Waals surface area contributed by atoms with E-state index in [4.69, 9.17) is 4.84 Å². The van der Waals surface area contributed by atoms with Crippen molar-refractivity contribution in [1.82, 2.24) is 4.90 Å². The minimum Gasteiger partial charge on any atom is -0.398 e. The second-order valence-electron chi connectivity index (χ2n) is 6.65. The minimum atomic E-state index is -0.317. The number of benzene rings is 1. The number of nitrogens with zero attached hydrogens (tertiary/aromatic N) is 2. The smallest absolute Gasteiger partial charge is 0.232 e. The quantitative estimate of drug-likeness (QED) is 0.783. The zero-order chi connectivity index (χ0) is 15.8. The van der Waals surface area contributed by atoms with Crippen LogP contribution in [0.5, 0.6) is 0 Å². The van der Waals surface area contributed by atoms with Gasteiger partial charge in [-0.1, -0.05) is 41.9 Å². The number of rotatable bonds is 2. The van der Waals surface area contributed by atoms with Crippen LogP contribution < -0.4 is 0 Å². The SMILES string of the molecule is CON=C1C(c2ccc(C)cc2)C(C)C(=O)N1C(C)(C)C. The third-order valence-electron chi connectivity index (χ3n) is 3.91. The van der Waals surface area contributed by atoms with E-state index < -0.39 is 0 Å². The molecule has 0 spiro atoms. The molecule has 114 valence electrons. The average Bonchev–Trinajstić information content (AvgIpc) is 2.63. The van der Waals surface area contributed by atoms with Crippen LogP contribution in [0, 0.1) is 12.8 Å². The lowest BCUT2D eigenvalue weighted by Crippen LogP contribution is -2.46. The molecule has 1 saturated heterocycles. The molecular weight excluding hydrogens is 264 g/mol. The molecule has 0 bridgehead atoms. The molecule has 2 unspecified atom stereocenters. The van der Waals surface area contributed by atoms with Crippen LogP contribution in [0.2, 0.25) is 0 Å². The van der Waals surface area contributed by atoms with Crippen molar-refractivity contribution in [2.24, 2.45) is 11.1 Å². The molecule has 1 aliphatic rings. The second kappa shape index (κ2) is 5.51. The highest BCUT2D eigenvalue weighted by atomic mass is 16.6. The largest absolute Gasteiger partial charge is 0.398 e. The predicted molar refractivity (Wildman–Crippen MR) is 84.1 cm³/mol. The van der Waals surface area contributed by atoms with Crippen molar-refractivity contribution < 1.29 is 9.63 Å². The molecule has 0 saturated carbocycles. The number of hydrogen-bond donors (Lipinski definition) is 0. The molecule has 4 heteroatoms. The first-order chi connectivity index (χ1) is 9.77. The van der Waals surface area contributed by atoms with Gasteiger partial charge in [0.1, 0.15) is 7.11 Å². The molecular formula is C17H24N2O2. The fourth-order valence-electron chi connectivity index (χ4n) is 2.90. The Bertz CT molecular complexity index is 555. The molecule has 2 atom stereocenters. The maximum Gasteiger partial charge on any atom is 0.232 e. The Hall–Kier alpha value is -1.84. The molecule has 4 nitrogen and oxygen atoms in total. The molecule has 1 aromatic rings. The van der Waals surface area contributed by atoms with Crippen molar-refractivity contribution in [3.63, 3.8) is 0 Å². The Labute approximate surface area is 126 Å². The second-order valence-corrected chi connectivity index (χ2v) is 6.65. The number of amidine groups is 1. The van der Waals surface area contributed by atoms with Gasteiger partial charge in [0.25, 0.3) is 0 Å². The summed E-state index contributed by atoms with van der Waals surface area (Å²) < 4.78 is 0. The Morgan fingerprint density at radius 1 is 1.19 bits per heavy atom. The molecule has 0 radical (unpaired) electrons. The number of aryl methyl sites for hydroxylation is 1. The fourth-order valence-corrected chi connectivity index (χ4v) is 2.90. The van der Waals surface area contributed by atoms with E-state index in [0.717, 1.165) is 5.56 Å². The van der Waals surface area contributed by atoms with Gasteiger partial charge in [0, 0.05) is 11.5 Å². The van der Waals surface area contributed by atoms with Crippen LogP contribution in [0.4, 0.5) is 0 Å². The van der Waals surface area contributed by atoms with Gasteiger partial charge in [-0.25, -0.2) is 0 Å². The highest BCUT2D eigenvalue weighted by Gasteiger charge is 2.48. The summed E-state index contributed by atoms with van der Waals surface area (Å²) in [4.78, 5) is 19.5. The monoisotopic (exact) mass is 288 g/mol. The number of oxime groups is 1. The minimum absolute atomic E-state index is 0.0581. The molecule has 1 amide bonds. The van der Waals surface area contributed by atoms with Gasteiger partial charge < -0.3 is 4.84 Å². The molecule has 1 fully saturated rings. The Morgan fingerprint density at radius 3 is 2.24 bits per heavy atom. The number of hydrogen-bond acceptors (Lipinski definition) is 3. The summed E-state index contributed by atoms with van der Waals surface area (Å²) in [6.07, 6.45) is 0. The summed E-state index contributed by atoms with van der Waals surface area (Å²) in [5.41, 5.74) is 1.99. The highest BCUT2D eigenvalue weighted by Crippen LogP contribution is 2.39. The summed E-state index contributed by atoms with van der Waals surface area (Å²) in [6.45, 7) is 10.1. The van der Waals surface area contributed by atoms with Gasteiger partial charge in [-0.05, 0) is 33.3 Å². The van der Waals surface area contributed by atoms with Gasteiger partial charge in [-0.15, -0.1) is 0 Å². The lowest BCUT2D eigenvalue weighted by atomic mass is 9.89. The van der Waals surface area contributed by atoms with E-state index in [1.807, 2.05) is 27.7 Å². The molecule has 0 N–H and O–H groups in total. The molecule has 21 heavy (non-hydrogen) atoms. The lowest BCUT2D eigenvalue weighted by Gasteiger charge is -2.32. The van der Waals surface area contributed by atoms with Gasteiger partial charge in [-0.2, -0.15) is 0 Å². The maximum atomic E-state index is 12.7. The lowest BCUT2D eigenvalue weighted by molar-refractivity contribution is -0.132. The van der Waals surface area contributed by atoms with Crippen molar-refractivity contribution in [3.05, 3.63) is 35.4 Å². The summed E-state index contributed by atoms with van der Waals surface area (Å²) in [5, 5.41) is 4.17. The first kappa shape index (κ1) is 15.5. The van der Waals surface area contributed by atoms with Crippen LogP contribution in [-0.4, -0.2) is 29.3 Å². The fraction of sp³-hybridized carbons (Fsp3) is 0.529. The third kappa shape index (κ3) is 2.80. The highest BCUT2D eigenvalue weighted by molar-refractivity contribution is 6.10. The van der Waals surface area contributed by atoms with Crippen molar-refractivity contribution in [2.45, 2.75) is 46.1 Å². The van der Waals surface area contributed by atoms with Crippen molar-refractivity contribution in [2.75, 3.05) is 7.11 Å². The van der Waals surface area contributed by atoms with Crippen LogP contribution in [0.1, 0.15) is 44.7 Å². The molecule has 0 aliphatic carbocycles. The zero-order valence-corrected chi connectivity index (χ0v) is 13.7. The normalized spacial score (nSPS) is 24.8. The molecule has 1 heterocycles. The molecule has 1 aliphatic heterocycles. The number of carbonyl (C=O) groups is 1. The van der Waals surface area contributed by atoms with Crippen molar-refractivity contribution in [3.8, 4) is 0 Å². The summed E-state index contributed by atoms with van der Waals surface area (Å²) in [6, 6.07) is 8.27. The van der Waals surface area contributed by atoms with Crippen LogP contribution in [0.25, 0.3) is 0 Å². The van der Waals surface area contributed by atoms with Crippen LogP contribution >= 0.6 is 0 Å². The molecule has 2 rings (SSSR count). The van der Waals surface area contributed by atoms with E-state index in [9.17, 15) is 4.79 Å². The maximum absolute atomic E-state index is 12.7. The van der Waals surface area contributed by atoms with Gasteiger partial charge in [0.15, 0.2) is 5.84 Å². The topological polar surface area (TPSA) is 41.9 Å². The molecule has 1 aromatic carbocycles. The Balaban J connectivity index is 2.51. The van der Waals surface area contributed by atoms with Crippen LogP contribution in [0.3, 0.4) is 0 Å². The van der Waals surface area contributed by atoms with E-state index >= 15 is 0 Å². The van der Waals surface area contributed by atoms with E-state index in [0.29, 0.717) is 5.84 Å². The average molecular weight is 288 g/mol. The van der Waals surface area contributed by atoms with E-state index in [2.05, 4.69) is 36.3 Å². The predicted octanol–water partition coefficient (Wildman–Crippen LogP) is 3.32. The first-order valence-corrected chi connectivity index (χ1v) is 7.29. The van der Waals surface area contributed by atoms with Gasteiger partial charge >= 0.3 is 0 Å². The van der Waals surface area contributed by atoms with Gasteiger partial charge in [0.2, 0.25) is 5.91 Å². The zero-order valence-electron chi connectivity index (χ0n) is 13.7. The van der Waals surface area contributed by atoms with E-state index in [1.54, 1.807) is 4.90 Å². The van der Waals surface area contributed by atoms with Crippen molar-refractivity contribution >= 4 is 11.7 Å². The third-order valence-corrected chi connectivity index (χ3v) is 3.91. The first-order valence-electron chi connectivity index (χ1n) is 7.29. The molecule has 0 aromatic heterocycles.